The van der Waals surface area contributed by atoms with Crippen LogP contribution in [0.3, 0.4) is 0 Å². The van der Waals surface area contributed by atoms with Crippen LogP contribution in [0.5, 0.6) is 5.75 Å². The summed E-state index contributed by atoms with van der Waals surface area (Å²) in [5.74, 6) is 0.0509. The van der Waals surface area contributed by atoms with Gasteiger partial charge in [-0.3, -0.25) is 14.2 Å². The Morgan fingerprint density at radius 3 is 2.48 bits per heavy atom. The SMILES string of the molecule is COc1ccc(NC(=O)[C@H](C)n2cnc3sc(C(=O)OCC(C)C)c(C)c3c2=O)cc1. The Hall–Kier alpha value is -3.20. The van der Waals surface area contributed by atoms with Gasteiger partial charge in [0.05, 0.1) is 25.4 Å². The molecule has 1 amide bonds. The number of rotatable bonds is 7. The topological polar surface area (TPSA) is 99.5 Å². The highest BCUT2D eigenvalue weighted by Crippen LogP contribution is 2.28. The summed E-state index contributed by atoms with van der Waals surface area (Å²) in [5, 5.41) is 3.11. The van der Waals surface area contributed by atoms with Crippen LogP contribution in [0.2, 0.25) is 0 Å². The number of esters is 1. The van der Waals surface area contributed by atoms with Gasteiger partial charge in [0.2, 0.25) is 5.91 Å². The van der Waals surface area contributed by atoms with Gasteiger partial charge in [-0.15, -0.1) is 11.3 Å². The molecule has 0 bridgehead atoms. The van der Waals surface area contributed by atoms with E-state index in [1.54, 1.807) is 45.2 Å². The lowest BCUT2D eigenvalue weighted by atomic mass is 10.2. The van der Waals surface area contributed by atoms with Gasteiger partial charge in [-0.1, -0.05) is 13.8 Å². The minimum absolute atomic E-state index is 0.207. The summed E-state index contributed by atoms with van der Waals surface area (Å²) in [6.07, 6.45) is 1.34. The minimum atomic E-state index is -0.804. The molecule has 3 aromatic rings. The standard InChI is InChI=1S/C22H25N3O5S/c1-12(2)10-30-22(28)18-13(3)17-20(31-18)23-11-25(21(17)27)14(4)19(26)24-15-6-8-16(29-5)9-7-15/h6-9,11-12,14H,10H2,1-5H3,(H,24,26)/t14-/m0/s1. The van der Waals surface area contributed by atoms with E-state index in [2.05, 4.69) is 10.3 Å². The number of methoxy groups -OCH3 is 1. The molecule has 164 valence electrons. The first-order chi connectivity index (χ1) is 14.7. The third-order valence-electron chi connectivity index (χ3n) is 4.76. The van der Waals surface area contributed by atoms with E-state index in [9.17, 15) is 14.4 Å². The van der Waals surface area contributed by atoms with Gasteiger partial charge < -0.3 is 14.8 Å². The van der Waals surface area contributed by atoms with Gasteiger partial charge in [-0.2, -0.15) is 0 Å². The number of benzene rings is 1. The fraction of sp³-hybridized carbons (Fsp3) is 0.364. The number of hydrogen-bond acceptors (Lipinski definition) is 7. The second-order valence-corrected chi connectivity index (χ2v) is 8.58. The lowest BCUT2D eigenvalue weighted by molar-refractivity contribution is -0.118. The van der Waals surface area contributed by atoms with Gasteiger partial charge in [0.25, 0.3) is 5.56 Å². The van der Waals surface area contributed by atoms with Crippen LogP contribution in [0.1, 0.15) is 42.0 Å². The molecule has 0 radical (unpaired) electrons. The van der Waals surface area contributed by atoms with E-state index in [1.165, 1.54) is 10.9 Å². The number of carbonyl (C=O) groups excluding carboxylic acids is 2. The van der Waals surface area contributed by atoms with Crippen LogP contribution in [0.25, 0.3) is 10.2 Å². The zero-order valence-electron chi connectivity index (χ0n) is 18.1. The maximum atomic E-state index is 13.1. The quantitative estimate of drug-likeness (QED) is 0.558. The molecule has 2 heterocycles. The number of aromatic nitrogens is 2. The van der Waals surface area contributed by atoms with Crippen molar-refractivity contribution in [2.75, 3.05) is 19.0 Å². The summed E-state index contributed by atoms with van der Waals surface area (Å²) < 4.78 is 11.7. The average Bonchev–Trinajstić information content (AvgIpc) is 3.09. The highest BCUT2D eigenvalue weighted by Gasteiger charge is 2.23. The van der Waals surface area contributed by atoms with Crippen molar-refractivity contribution in [1.29, 1.82) is 0 Å². The molecule has 9 heteroatoms. The number of hydrogen-bond donors (Lipinski definition) is 1. The van der Waals surface area contributed by atoms with E-state index in [-0.39, 0.29) is 17.4 Å². The van der Waals surface area contributed by atoms with E-state index < -0.39 is 12.0 Å². The average molecular weight is 444 g/mol. The molecule has 0 aliphatic carbocycles. The maximum Gasteiger partial charge on any atom is 0.348 e. The predicted octanol–water partition coefficient (Wildman–Crippen LogP) is 3.79. The summed E-state index contributed by atoms with van der Waals surface area (Å²) in [7, 11) is 1.56. The van der Waals surface area contributed by atoms with Crippen LogP contribution < -0.4 is 15.6 Å². The molecule has 1 N–H and O–H groups in total. The van der Waals surface area contributed by atoms with E-state index in [0.717, 1.165) is 11.3 Å². The zero-order chi connectivity index (χ0) is 22.7. The van der Waals surface area contributed by atoms with E-state index in [1.807, 2.05) is 13.8 Å². The van der Waals surface area contributed by atoms with Crippen LogP contribution in [-0.4, -0.2) is 35.1 Å². The number of nitrogens with zero attached hydrogens (tertiary/aromatic N) is 2. The summed E-state index contributed by atoms with van der Waals surface area (Å²) in [5.41, 5.74) is 0.726. The first kappa shape index (κ1) is 22.5. The van der Waals surface area contributed by atoms with E-state index >= 15 is 0 Å². The van der Waals surface area contributed by atoms with Crippen molar-refractivity contribution in [3.05, 3.63) is 51.4 Å². The van der Waals surface area contributed by atoms with Crippen molar-refractivity contribution < 1.29 is 19.1 Å². The Bertz CT molecular complexity index is 1160. The summed E-state index contributed by atoms with van der Waals surface area (Å²) >= 11 is 1.12. The molecule has 2 aromatic heterocycles. The van der Waals surface area contributed by atoms with Crippen LogP contribution >= 0.6 is 11.3 Å². The molecule has 0 spiro atoms. The van der Waals surface area contributed by atoms with Crippen molar-refractivity contribution in [2.45, 2.75) is 33.7 Å². The Kier molecular flexibility index (Phi) is 6.74. The van der Waals surface area contributed by atoms with Gasteiger partial charge in [-0.05, 0) is 49.6 Å². The summed E-state index contributed by atoms with van der Waals surface area (Å²) in [6.45, 7) is 7.51. The monoisotopic (exact) mass is 443 g/mol. The Labute approximate surface area is 183 Å². The lowest BCUT2D eigenvalue weighted by Gasteiger charge is -2.15. The third kappa shape index (κ3) is 4.77. The molecule has 0 fully saturated rings. The van der Waals surface area contributed by atoms with Crippen molar-refractivity contribution >= 4 is 39.1 Å². The number of anilines is 1. The molecule has 0 saturated carbocycles. The second-order valence-electron chi connectivity index (χ2n) is 7.58. The molecule has 8 nitrogen and oxygen atoms in total. The normalized spacial score (nSPS) is 12.1. The zero-order valence-corrected chi connectivity index (χ0v) is 18.9. The molecule has 0 saturated heterocycles. The number of ether oxygens (including phenoxy) is 2. The number of thiophene rings is 1. The number of carbonyl (C=O) groups is 2. The third-order valence-corrected chi connectivity index (χ3v) is 5.94. The minimum Gasteiger partial charge on any atom is -0.497 e. The maximum absolute atomic E-state index is 13.1. The number of aryl methyl sites for hydroxylation is 1. The van der Waals surface area contributed by atoms with Gasteiger partial charge in [0, 0.05) is 5.69 Å². The van der Waals surface area contributed by atoms with Gasteiger partial charge >= 0.3 is 5.97 Å². The van der Waals surface area contributed by atoms with Crippen molar-refractivity contribution in [2.24, 2.45) is 5.92 Å². The highest BCUT2D eigenvalue weighted by atomic mass is 32.1. The fourth-order valence-corrected chi connectivity index (χ4v) is 4.00. The van der Waals surface area contributed by atoms with Gasteiger partial charge in [0.1, 0.15) is 21.5 Å². The molecular formula is C22H25N3O5S. The molecule has 3 rings (SSSR count). The van der Waals surface area contributed by atoms with Crippen LogP contribution in [0.15, 0.2) is 35.4 Å². The number of amides is 1. The highest BCUT2D eigenvalue weighted by molar-refractivity contribution is 7.20. The van der Waals surface area contributed by atoms with Crippen LogP contribution in [0, 0.1) is 12.8 Å². The van der Waals surface area contributed by atoms with Crippen molar-refractivity contribution in [3.8, 4) is 5.75 Å². The van der Waals surface area contributed by atoms with E-state index in [4.69, 9.17) is 9.47 Å². The summed E-state index contributed by atoms with van der Waals surface area (Å²) in [6, 6.07) is 6.09. The lowest BCUT2D eigenvalue weighted by Crippen LogP contribution is -2.31. The van der Waals surface area contributed by atoms with E-state index in [0.29, 0.717) is 38.7 Å². The molecule has 31 heavy (non-hydrogen) atoms. The molecule has 0 unspecified atom stereocenters. The van der Waals surface area contributed by atoms with Gasteiger partial charge in [0.15, 0.2) is 0 Å². The number of nitrogens with one attached hydrogen (secondary N) is 1. The summed E-state index contributed by atoms with van der Waals surface area (Å²) in [4.78, 5) is 43.3. The first-order valence-corrected chi connectivity index (χ1v) is 10.7. The van der Waals surface area contributed by atoms with Crippen LogP contribution in [-0.2, 0) is 9.53 Å². The molecule has 0 aliphatic rings. The molecule has 0 aliphatic heterocycles. The fourth-order valence-electron chi connectivity index (χ4n) is 2.96. The predicted molar refractivity (Wildman–Crippen MR) is 120 cm³/mol. The Morgan fingerprint density at radius 2 is 1.87 bits per heavy atom. The smallest absolute Gasteiger partial charge is 0.348 e. The molecular weight excluding hydrogens is 418 g/mol. The largest absolute Gasteiger partial charge is 0.497 e. The van der Waals surface area contributed by atoms with Gasteiger partial charge in [-0.25, -0.2) is 9.78 Å². The first-order valence-electron chi connectivity index (χ1n) is 9.85. The number of fused-ring (bicyclic) bond motifs is 1. The Morgan fingerprint density at radius 1 is 1.19 bits per heavy atom. The molecule has 1 aromatic carbocycles. The van der Waals surface area contributed by atoms with Crippen LogP contribution in [0.4, 0.5) is 5.69 Å². The Balaban J connectivity index is 1.87. The van der Waals surface area contributed by atoms with Crippen molar-refractivity contribution in [1.82, 2.24) is 9.55 Å². The second kappa shape index (κ2) is 9.30. The van der Waals surface area contributed by atoms with Crippen molar-refractivity contribution in [3.63, 3.8) is 0 Å². The molecule has 1 atom stereocenters.